The lowest BCUT2D eigenvalue weighted by Gasteiger charge is -2.24. The number of rotatable bonds is 2. The van der Waals surface area contributed by atoms with Crippen molar-refractivity contribution < 1.29 is 15.0 Å². The number of hydrogen-bond donors (Lipinski definition) is 2. The summed E-state index contributed by atoms with van der Waals surface area (Å²) >= 11 is 3.34. The Labute approximate surface area is 102 Å². The summed E-state index contributed by atoms with van der Waals surface area (Å²) in [4.78, 5) is 11.5. The van der Waals surface area contributed by atoms with Crippen molar-refractivity contribution in [3.8, 4) is 0 Å². The minimum Gasteiger partial charge on any atom is -0.481 e. The first-order chi connectivity index (χ1) is 7.54. The van der Waals surface area contributed by atoms with Crippen LogP contribution in [0.4, 0.5) is 0 Å². The normalized spacial score (nSPS) is 29.2. The van der Waals surface area contributed by atoms with Gasteiger partial charge in [0.15, 0.2) is 0 Å². The van der Waals surface area contributed by atoms with Crippen LogP contribution in [0.1, 0.15) is 24.8 Å². The Morgan fingerprint density at radius 3 is 2.75 bits per heavy atom. The quantitative estimate of drug-likeness (QED) is 0.876. The summed E-state index contributed by atoms with van der Waals surface area (Å²) in [7, 11) is 0. The molecule has 1 fully saturated rings. The maximum Gasteiger partial charge on any atom is 0.314 e. The van der Waals surface area contributed by atoms with Crippen molar-refractivity contribution in [3.63, 3.8) is 0 Å². The first-order valence-corrected chi connectivity index (χ1v) is 6.01. The van der Waals surface area contributed by atoms with E-state index in [4.69, 9.17) is 0 Å². The Hall–Kier alpha value is -0.870. The smallest absolute Gasteiger partial charge is 0.314 e. The molecule has 3 nitrogen and oxygen atoms in total. The van der Waals surface area contributed by atoms with E-state index in [0.29, 0.717) is 19.3 Å². The highest BCUT2D eigenvalue weighted by Crippen LogP contribution is 2.42. The molecule has 1 aromatic rings. The van der Waals surface area contributed by atoms with Crippen molar-refractivity contribution in [1.82, 2.24) is 0 Å². The molecule has 86 valence electrons. The van der Waals surface area contributed by atoms with E-state index in [-0.39, 0.29) is 0 Å². The maximum absolute atomic E-state index is 11.5. The molecular formula is C12H13BrO3. The molecule has 0 amide bonds. The molecule has 0 bridgehead atoms. The number of aliphatic carboxylic acids is 1. The third-order valence-electron chi connectivity index (χ3n) is 3.28. The molecule has 2 rings (SSSR count). The van der Waals surface area contributed by atoms with Crippen molar-refractivity contribution in [2.24, 2.45) is 0 Å². The fourth-order valence-corrected chi connectivity index (χ4v) is 2.78. The third-order valence-corrected chi connectivity index (χ3v) is 3.77. The van der Waals surface area contributed by atoms with Crippen LogP contribution in [0.2, 0.25) is 0 Å². The number of aliphatic hydroxyl groups is 1. The van der Waals surface area contributed by atoms with E-state index in [9.17, 15) is 15.0 Å². The highest BCUT2D eigenvalue weighted by atomic mass is 79.9. The lowest BCUT2D eigenvalue weighted by Crippen LogP contribution is -2.33. The monoisotopic (exact) mass is 284 g/mol. The highest BCUT2D eigenvalue weighted by molar-refractivity contribution is 9.10. The molecular weight excluding hydrogens is 272 g/mol. The average molecular weight is 285 g/mol. The molecule has 2 unspecified atom stereocenters. The van der Waals surface area contributed by atoms with Gasteiger partial charge in [-0.2, -0.15) is 0 Å². The number of carboxylic acids is 1. The van der Waals surface area contributed by atoms with Gasteiger partial charge in [-0.25, -0.2) is 0 Å². The van der Waals surface area contributed by atoms with Gasteiger partial charge in [0.05, 0.1) is 11.5 Å². The van der Waals surface area contributed by atoms with Gasteiger partial charge in [-0.1, -0.05) is 28.1 Å². The molecule has 2 N–H and O–H groups in total. The summed E-state index contributed by atoms with van der Waals surface area (Å²) in [6.07, 6.45) is 0.854. The van der Waals surface area contributed by atoms with Crippen LogP contribution in [0.3, 0.4) is 0 Å². The molecule has 1 saturated carbocycles. The Kier molecular flexibility index (Phi) is 3.04. The van der Waals surface area contributed by atoms with Gasteiger partial charge >= 0.3 is 5.97 Å². The predicted octanol–water partition coefficient (Wildman–Crippen LogP) is 2.32. The Morgan fingerprint density at radius 2 is 2.25 bits per heavy atom. The van der Waals surface area contributed by atoms with Gasteiger partial charge in [-0.15, -0.1) is 0 Å². The van der Waals surface area contributed by atoms with Gasteiger partial charge in [0.2, 0.25) is 0 Å². The summed E-state index contributed by atoms with van der Waals surface area (Å²) in [6.45, 7) is 0. The minimum absolute atomic E-state index is 0.304. The standard InChI is InChI=1S/C12H13BrO3/c13-9-3-1-2-8(6-9)12(11(15)16)5-4-10(14)7-12/h1-3,6,10,14H,4-5,7H2,(H,15,16). The lowest BCUT2D eigenvalue weighted by atomic mass is 9.79. The van der Waals surface area contributed by atoms with E-state index in [1.165, 1.54) is 0 Å². The van der Waals surface area contributed by atoms with Crippen molar-refractivity contribution in [2.45, 2.75) is 30.8 Å². The molecule has 0 spiro atoms. The zero-order valence-electron chi connectivity index (χ0n) is 8.69. The number of hydrogen-bond acceptors (Lipinski definition) is 2. The molecule has 0 heterocycles. The number of halogens is 1. The second-order valence-electron chi connectivity index (χ2n) is 4.29. The molecule has 2 atom stereocenters. The van der Waals surface area contributed by atoms with Crippen molar-refractivity contribution in [3.05, 3.63) is 34.3 Å². The highest BCUT2D eigenvalue weighted by Gasteiger charge is 2.46. The molecule has 0 radical (unpaired) electrons. The van der Waals surface area contributed by atoms with Gasteiger partial charge in [0.1, 0.15) is 0 Å². The molecule has 1 aromatic carbocycles. The Bertz CT molecular complexity index is 418. The largest absolute Gasteiger partial charge is 0.481 e. The molecule has 0 aliphatic heterocycles. The van der Waals surface area contributed by atoms with Crippen LogP contribution in [0.25, 0.3) is 0 Å². The molecule has 0 aromatic heterocycles. The topological polar surface area (TPSA) is 57.5 Å². The number of carboxylic acid groups (broad SMARTS) is 1. The zero-order chi connectivity index (χ0) is 11.8. The van der Waals surface area contributed by atoms with Crippen molar-refractivity contribution in [1.29, 1.82) is 0 Å². The first kappa shape index (κ1) is 11.6. The molecule has 1 aliphatic rings. The summed E-state index contributed by atoms with van der Waals surface area (Å²) in [5.41, 5.74) is -0.144. The zero-order valence-corrected chi connectivity index (χ0v) is 10.3. The van der Waals surface area contributed by atoms with E-state index < -0.39 is 17.5 Å². The first-order valence-electron chi connectivity index (χ1n) is 5.22. The number of aliphatic hydroxyl groups excluding tert-OH is 1. The number of benzene rings is 1. The summed E-state index contributed by atoms with van der Waals surface area (Å²) in [5.74, 6) is -0.845. The molecule has 4 heteroatoms. The summed E-state index contributed by atoms with van der Waals surface area (Å²) in [5, 5.41) is 19.0. The van der Waals surface area contributed by atoms with Gasteiger partial charge in [0.25, 0.3) is 0 Å². The second kappa shape index (κ2) is 4.18. The summed E-state index contributed by atoms with van der Waals surface area (Å²) in [6, 6.07) is 7.34. The van der Waals surface area contributed by atoms with E-state index in [1.54, 1.807) is 0 Å². The van der Waals surface area contributed by atoms with Gasteiger partial charge in [-0.05, 0) is 37.0 Å². The minimum atomic E-state index is -0.913. The van der Waals surface area contributed by atoms with E-state index >= 15 is 0 Å². The fourth-order valence-electron chi connectivity index (χ4n) is 2.39. The van der Waals surface area contributed by atoms with Crippen LogP contribution >= 0.6 is 15.9 Å². The van der Waals surface area contributed by atoms with Crippen LogP contribution in [0, 0.1) is 0 Å². The molecule has 16 heavy (non-hydrogen) atoms. The van der Waals surface area contributed by atoms with Crippen LogP contribution in [-0.2, 0) is 10.2 Å². The van der Waals surface area contributed by atoms with Crippen LogP contribution in [0.5, 0.6) is 0 Å². The maximum atomic E-state index is 11.5. The van der Waals surface area contributed by atoms with Crippen LogP contribution in [0.15, 0.2) is 28.7 Å². The van der Waals surface area contributed by atoms with E-state index in [1.807, 2.05) is 24.3 Å². The Morgan fingerprint density at radius 1 is 1.50 bits per heavy atom. The van der Waals surface area contributed by atoms with Crippen molar-refractivity contribution in [2.75, 3.05) is 0 Å². The molecule has 0 saturated heterocycles. The Balaban J connectivity index is 2.45. The fraction of sp³-hybridized carbons (Fsp3) is 0.417. The average Bonchev–Trinajstić information content (AvgIpc) is 2.62. The third kappa shape index (κ3) is 1.87. The van der Waals surface area contributed by atoms with Crippen LogP contribution in [-0.4, -0.2) is 22.3 Å². The SMILES string of the molecule is O=C(O)C1(c2cccc(Br)c2)CCC(O)C1. The van der Waals surface area contributed by atoms with Crippen molar-refractivity contribution >= 4 is 21.9 Å². The van der Waals surface area contributed by atoms with E-state index in [0.717, 1.165) is 10.0 Å². The predicted molar refractivity (Wildman–Crippen MR) is 63.3 cm³/mol. The van der Waals surface area contributed by atoms with Gasteiger partial charge < -0.3 is 10.2 Å². The number of carbonyl (C=O) groups is 1. The van der Waals surface area contributed by atoms with Crippen LogP contribution < -0.4 is 0 Å². The lowest BCUT2D eigenvalue weighted by molar-refractivity contribution is -0.144. The second-order valence-corrected chi connectivity index (χ2v) is 5.21. The molecule has 1 aliphatic carbocycles. The summed E-state index contributed by atoms with van der Waals surface area (Å²) < 4.78 is 0.868. The van der Waals surface area contributed by atoms with E-state index in [2.05, 4.69) is 15.9 Å². The van der Waals surface area contributed by atoms with Gasteiger partial charge in [-0.3, -0.25) is 4.79 Å². The van der Waals surface area contributed by atoms with Gasteiger partial charge in [0, 0.05) is 4.47 Å².